The summed E-state index contributed by atoms with van der Waals surface area (Å²) in [7, 11) is 7.85. The molecule has 0 atom stereocenters. The van der Waals surface area contributed by atoms with E-state index in [2.05, 4.69) is 103 Å². The van der Waals surface area contributed by atoms with Crippen molar-refractivity contribution < 1.29 is 8.83 Å². The van der Waals surface area contributed by atoms with Crippen molar-refractivity contribution >= 4 is 144 Å². The fraction of sp³-hybridized carbons (Fsp3) is 0.263. The number of nitrogens with one attached hydrogen (secondary N) is 1. The third-order valence-corrected chi connectivity index (χ3v) is 19.3. The Bertz CT molecular complexity index is 3730. The van der Waals surface area contributed by atoms with Crippen LogP contribution in [0.5, 0.6) is 0 Å². The fourth-order valence-electron chi connectivity index (χ4n) is 6.31. The van der Waals surface area contributed by atoms with Crippen molar-refractivity contribution in [3.63, 3.8) is 0 Å². The number of hydrogen-bond donors (Lipinski definition) is 1. The molecule has 1 aliphatic heterocycles. The molecule has 0 aromatic carbocycles. The lowest BCUT2D eigenvalue weighted by molar-refractivity contribution is 0.534. The van der Waals surface area contributed by atoms with Gasteiger partial charge in [-0.1, -0.05) is 69.6 Å². The molecule has 13 nitrogen and oxygen atoms in total. The van der Waals surface area contributed by atoms with Gasteiger partial charge in [-0.2, -0.15) is 10.2 Å². The van der Waals surface area contributed by atoms with Crippen molar-refractivity contribution in [1.29, 1.82) is 0 Å². The molecule has 25 heteroatoms. The molecule has 101 heavy (non-hydrogen) atoms. The van der Waals surface area contributed by atoms with Gasteiger partial charge in [-0.05, 0) is 251 Å². The first-order valence-electron chi connectivity index (χ1n) is 31.0. The van der Waals surface area contributed by atoms with Crippen LogP contribution < -0.4 is 0 Å². The largest absolute Gasteiger partial charge is 0.472 e. The van der Waals surface area contributed by atoms with Crippen molar-refractivity contribution in [1.82, 2.24) is 48.6 Å². The highest BCUT2D eigenvalue weighted by atomic mass is 35.5. The second-order valence-electron chi connectivity index (χ2n) is 21.8. The van der Waals surface area contributed by atoms with E-state index in [1.807, 2.05) is 246 Å². The van der Waals surface area contributed by atoms with Gasteiger partial charge in [-0.25, -0.2) is 4.98 Å². The molecule has 15 heterocycles. The van der Waals surface area contributed by atoms with E-state index in [0.29, 0.717) is 5.28 Å². The normalized spacial score (nSPS) is 9.81. The van der Waals surface area contributed by atoms with Crippen molar-refractivity contribution in [2.24, 2.45) is 33.2 Å². The molecule has 0 amide bonds. The molecule has 14 aromatic heterocycles. The van der Waals surface area contributed by atoms with Gasteiger partial charge < -0.3 is 22.5 Å². The summed E-state index contributed by atoms with van der Waals surface area (Å²) in [5.74, 6) is 0.968. The third-order valence-electron chi connectivity index (χ3n) is 12.0. The summed E-state index contributed by atoms with van der Waals surface area (Å²) in [4.78, 5) is 21.9. The minimum atomic E-state index is 0.544. The van der Waals surface area contributed by atoms with Crippen LogP contribution in [0.1, 0.15) is 81.8 Å². The number of allylic oxidation sites excluding steroid dienone is 1. The third kappa shape index (κ3) is 50.2. The lowest BCUT2D eigenvalue weighted by atomic mass is 10.3. The van der Waals surface area contributed by atoms with Crippen molar-refractivity contribution in [2.45, 2.75) is 104 Å². The molecule has 0 aliphatic carbocycles. The quantitative estimate of drug-likeness (QED) is 0.159. The molecule has 15 rings (SSSR count). The zero-order chi connectivity index (χ0) is 75.5. The Morgan fingerprint density at radius 1 is 0.545 bits per heavy atom. The van der Waals surface area contributed by atoms with Crippen LogP contribution in [0.25, 0.3) is 0 Å². The van der Waals surface area contributed by atoms with E-state index in [1.165, 1.54) is 74.8 Å². The summed E-state index contributed by atoms with van der Waals surface area (Å²) in [6, 6.07) is 29.6. The molecule has 544 valence electrons. The highest BCUT2D eigenvalue weighted by Gasteiger charge is 1.99. The molecule has 0 saturated carbocycles. The van der Waals surface area contributed by atoms with Gasteiger partial charge in [0.05, 0.1) is 66.3 Å². The van der Waals surface area contributed by atoms with E-state index < -0.39 is 0 Å². The SMILES string of the molecule is CC1=CC=NC1.Cc1cc(Cl)cs1.Cc1cc(Cl)sc1Cl.Cc1ccc(Cl)s1.Cc1cccn1C.Cc1ccco1.Cc1cccs1.Cc1ccn(C)c1.Cc1ccncc1.Cc1ccoc1.Cc1cn[nH]c1.Cc1cnc(Cl)n1C.Cc1cncs1.Cc1cnn(C)c1.Cc1sccc1Cl. The van der Waals surface area contributed by atoms with Crippen molar-refractivity contribution in [3.8, 4) is 0 Å². The molecule has 0 spiro atoms. The summed E-state index contributed by atoms with van der Waals surface area (Å²) >= 11 is 43.4. The number of hydrogen-bond acceptors (Lipinski definition) is 14. The zero-order valence-corrected chi connectivity index (χ0v) is 70.4. The molecule has 14 aromatic rings. The highest BCUT2D eigenvalue weighted by Crippen LogP contribution is 2.30. The van der Waals surface area contributed by atoms with Gasteiger partial charge in [0.25, 0.3) is 0 Å². The predicted molar refractivity (Wildman–Crippen MR) is 445 cm³/mol. The Kier molecular flexibility index (Phi) is 50.9. The Labute approximate surface area is 653 Å². The Hall–Kier alpha value is -6.82. The van der Waals surface area contributed by atoms with E-state index in [-0.39, 0.29) is 0 Å². The molecule has 0 saturated heterocycles. The van der Waals surface area contributed by atoms with Gasteiger partial charge in [0, 0.05) is 131 Å². The summed E-state index contributed by atoms with van der Waals surface area (Å²) in [5.41, 5.74) is 12.8. The maximum absolute atomic E-state index is 5.66. The number of pyridine rings is 1. The topological polar surface area (TPSA) is 139 Å². The van der Waals surface area contributed by atoms with Crippen LogP contribution in [0.15, 0.2) is 225 Å². The number of aliphatic imine (C=N–C) groups is 1. The van der Waals surface area contributed by atoms with Gasteiger partial charge in [-0.3, -0.25) is 24.7 Å². The van der Waals surface area contributed by atoms with Gasteiger partial charge in [-0.15, -0.1) is 68.0 Å². The molecule has 1 N–H and O–H groups in total. The van der Waals surface area contributed by atoms with Crippen LogP contribution in [0.4, 0.5) is 0 Å². The van der Waals surface area contributed by atoms with Crippen LogP contribution >= 0.6 is 138 Å². The minimum Gasteiger partial charge on any atom is -0.472 e. The Balaban J connectivity index is 0.000000541. The second kappa shape index (κ2) is 55.7. The number of imidazole rings is 1. The smallest absolute Gasteiger partial charge is 0.202 e. The number of halogens is 6. The molecule has 0 bridgehead atoms. The number of nitrogens with zero attached hydrogens (tertiary/aromatic N) is 10. The van der Waals surface area contributed by atoms with E-state index in [0.717, 1.165) is 46.6 Å². The lowest BCUT2D eigenvalue weighted by Crippen LogP contribution is -1.88. The molecular weight excluding hydrogens is 1500 g/mol. The summed E-state index contributed by atoms with van der Waals surface area (Å²) < 4.78 is 19.7. The first-order chi connectivity index (χ1) is 47.9. The first-order valence-corrected chi connectivity index (χ1v) is 38.5. The molecule has 1 aliphatic rings. The van der Waals surface area contributed by atoms with Crippen LogP contribution in [0.3, 0.4) is 0 Å². The van der Waals surface area contributed by atoms with E-state index in [1.54, 1.807) is 105 Å². The second-order valence-corrected chi connectivity index (χ2v) is 31.6. The van der Waals surface area contributed by atoms with Crippen molar-refractivity contribution in [2.75, 3.05) is 6.54 Å². The lowest BCUT2D eigenvalue weighted by Gasteiger charge is -1.91. The number of H-pyrrole nitrogens is 1. The van der Waals surface area contributed by atoms with Crippen LogP contribution in [-0.2, 0) is 28.2 Å². The fourth-order valence-corrected chi connectivity index (χ4v) is 11.7. The predicted octanol–water partition coefficient (Wildman–Crippen LogP) is 26.1. The number of aryl methyl sites for hydroxylation is 17. The minimum absolute atomic E-state index is 0.544. The first kappa shape index (κ1) is 92.2. The number of rotatable bonds is 0. The van der Waals surface area contributed by atoms with Crippen molar-refractivity contribution in [3.05, 3.63) is 315 Å². The average molecular weight is 1600 g/mol. The number of aromatic nitrogens is 10. The number of thiazole rings is 1. The molecule has 0 unspecified atom stereocenters. The monoisotopic (exact) mass is 1600 g/mol. The van der Waals surface area contributed by atoms with Crippen LogP contribution in [0, 0.1) is 96.9 Å². The number of furan rings is 2. The van der Waals surface area contributed by atoms with Crippen LogP contribution in [0.2, 0.25) is 28.3 Å². The van der Waals surface area contributed by atoms with E-state index in [9.17, 15) is 0 Å². The van der Waals surface area contributed by atoms with Gasteiger partial charge in [0.1, 0.15) is 5.76 Å². The highest BCUT2D eigenvalue weighted by molar-refractivity contribution is 7.20. The standard InChI is InChI=1S/2C6H9N.C6H7N.C5H4Cl2S.C5H7ClN2.3C5H5ClS.C5H8N2.C5H7N.2C5H6O.C5H6S.C4H6N2.C4H5NS/c1-6-3-4-7(2)5-6;1-6-4-3-5-7(6)2;1-6-2-4-7-5-3-6;1-3-2-4(6)8-5(3)7;1-4-3-7-5(6)8(4)2;1-4-2-5(6)3-7-4;1-4-5(6)2-3-7-4;1-4-2-3-5(6)7-4;1-5-3-6-7(2)4-5;2*1-5-2-3-6-4-5;2*1-5-3-2-4-6-5;1-4-2-5-6-3-4;1-4-2-5-3-6-4/h2*3-5H,1-2H3;2-5H,1H3;2H,1H3;3H,1-2H3;3*2-3H,1H3;3-4H,1-2H3;2-3H,4H2,1H3;3*2-4H,1H3;2-3H,1H3,(H,5,6);2-3H,1H3. The number of thiophene rings is 5. The Morgan fingerprint density at radius 3 is 1.44 bits per heavy atom. The maximum Gasteiger partial charge on any atom is 0.202 e. The van der Waals surface area contributed by atoms with Gasteiger partial charge >= 0.3 is 0 Å². The molecule has 0 fully saturated rings. The zero-order valence-electron chi connectivity index (χ0n) is 60.9. The van der Waals surface area contributed by atoms with Gasteiger partial charge in [0.2, 0.25) is 5.28 Å². The van der Waals surface area contributed by atoms with Crippen LogP contribution in [-0.4, -0.2) is 61.4 Å². The maximum atomic E-state index is 5.66. The Morgan fingerprint density at radius 2 is 1.28 bits per heavy atom. The summed E-state index contributed by atoms with van der Waals surface area (Å²) in [5, 5.41) is 18.6. The van der Waals surface area contributed by atoms with E-state index in [4.69, 9.17) is 78.4 Å². The van der Waals surface area contributed by atoms with E-state index >= 15 is 0 Å². The summed E-state index contributed by atoms with van der Waals surface area (Å²) in [6.07, 6.45) is 29.7. The molecular formula is C76H95Cl6N11O2S6. The number of aromatic amines is 1. The van der Waals surface area contributed by atoms with Gasteiger partial charge in [0.15, 0.2) is 0 Å². The molecule has 0 radical (unpaired) electrons. The summed E-state index contributed by atoms with van der Waals surface area (Å²) in [6.45, 7) is 31.2. The average Bonchev–Trinajstić information content (AvgIpc) is 1.82.